The molecule has 0 aliphatic carbocycles. The van der Waals surface area contributed by atoms with Crippen LogP contribution in [-0.4, -0.2) is 46.2 Å². The molecule has 0 aromatic heterocycles. The highest BCUT2D eigenvalue weighted by molar-refractivity contribution is 7.85. The average Bonchev–Trinajstić information content (AvgIpc) is 2.34. The Hall–Kier alpha value is -0.420. The molecule has 1 saturated heterocycles. The van der Waals surface area contributed by atoms with Crippen molar-refractivity contribution in [2.75, 3.05) is 25.1 Å². The fraction of sp³-hybridized carbons (Fsp3) is 0.857. The molecule has 4 nitrogen and oxygen atoms in total. The molecule has 2 unspecified atom stereocenters. The Morgan fingerprint density at radius 1 is 1.75 bits per heavy atom. The van der Waals surface area contributed by atoms with Crippen molar-refractivity contribution in [3.63, 3.8) is 0 Å². The fourth-order valence-corrected chi connectivity index (χ4v) is 1.81. The van der Waals surface area contributed by atoms with Crippen molar-refractivity contribution in [3.8, 4) is 0 Å². The summed E-state index contributed by atoms with van der Waals surface area (Å²) in [6.45, 7) is 1.34. The van der Waals surface area contributed by atoms with E-state index in [0.717, 1.165) is 13.0 Å². The molecule has 0 saturated carbocycles. The molecule has 70 valence electrons. The molecule has 0 aromatic carbocycles. The smallest absolute Gasteiger partial charge is 0.235 e. The third-order valence-electron chi connectivity index (χ3n) is 1.90. The maximum atomic E-state index is 11.3. The second kappa shape index (κ2) is 4.00. The Labute approximate surface area is 74.6 Å². The third kappa shape index (κ3) is 2.57. The second-order valence-electron chi connectivity index (χ2n) is 3.11. The molecule has 0 spiro atoms. The Bertz CT molecular complexity index is 208. The molecule has 1 amide bonds. The summed E-state index contributed by atoms with van der Waals surface area (Å²) in [5.74, 6) is 0.0935. The summed E-state index contributed by atoms with van der Waals surface area (Å²) < 4.78 is 10.7. The van der Waals surface area contributed by atoms with Gasteiger partial charge in [0, 0.05) is 36.2 Å². The summed E-state index contributed by atoms with van der Waals surface area (Å²) in [5, 5.41) is 0. The van der Waals surface area contributed by atoms with Crippen LogP contribution in [0.15, 0.2) is 0 Å². The quantitative estimate of drug-likeness (QED) is 0.602. The van der Waals surface area contributed by atoms with Crippen molar-refractivity contribution >= 4 is 16.7 Å². The van der Waals surface area contributed by atoms with E-state index in [-0.39, 0.29) is 17.7 Å². The highest BCUT2D eigenvalue weighted by Gasteiger charge is 2.23. The largest absolute Gasteiger partial charge is 0.340 e. The molecule has 0 aromatic rings. The zero-order valence-corrected chi connectivity index (χ0v) is 7.97. The minimum Gasteiger partial charge on any atom is -0.340 e. The number of nitrogens with two attached hydrogens (primary N) is 1. The van der Waals surface area contributed by atoms with Crippen LogP contribution >= 0.6 is 0 Å². The van der Waals surface area contributed by atoms with Crippen molar-refractivity contribution in [1.29, 1.82) is 0 Å². The van der Waals surface area contributed by atoms with E-state index in [1.165, 1.54) is 6.26 Å². The Kier molecular flexibility index (Phi) is 3.22. The molecule has 1 heterocycles. The minimum atomic E-state index is -1.03. The summed E-state index contributed by atoms with van der Waals surface area (Å²) >= 11 is 0. The van der Waals surface area contributed by atoms with Gasteiger partial charge in [-0.25, -0.2) is 0 Å². The molecule has 0 radical (unpaired) electrons. The van der Waals surface area contributed by atoms with E-state index in [0.29, 0.717) is 6.54 Å². The lowest BCUT2D eigenvalue weighted by Gasteiger charge is -2.14. The number of nitrogens with zero attached hydrogens (tertiary/aromatic N) is 1. The molecular formula is C7H14N2O2S. The third-order valence-corrected chi connectivity index (χ3v) is 2.56. The van der Waals surface area contributed by atoms with Gasteiger partial charge in [0.1, 0.15) is 5.75 Å². The van der Waals surface area contributed by atoms with E-state index in [9.17, 15) is 9.00 Å². The van der Waals surface area contributed by atoms with Crippen LogP contribution in [0.4, 0.5) is 0 Å². The molecular weight excluding hydrogens is 176 g/mol. The van der Waals surface area contributed by atoms with Gasteiger partial charge in [-0.1, -0.05) is 0 Å². The number of hydrogen-bond acceptors (Lipinski definition) is 3. The van der Waals surface area contributed by atoms with Crippen LogP contribution in [0.25, 0.3) is 0 Å². The summed E-state index contributed by atoms with van der Waals surface area (Å²) in [6, 6.07) is 0.110. The lowest BCUT2D eigenvalue weighted by molar-refractivity contribution is -0.127. The molecule has 0 bridgehead atoms. The molecule has 1 fully saturated rings. The van der Waals surface area contributed by atoms with Crippen molar-refractivity contribution in [2.45, 2.75) is 12.5 Å². The fourth-order valence-electron chi connectivity index (χ4n) is 1.28. The van der Waals surface area contributed by atoms with Crippen LogP contribution in [0.3, 0.4) is 0 Å². The first-order valence-corrected chi connectivity index (χ1v) is 5.65. The first kappa shape index (κ1) is 9.67. The van der Waals surface area contributed by atoms with Gasteiger partial charge >= 0.3 is 0 Å². The first-order chi connectivity index (χ1) is 5.59. The number of rotatable bonds is 2. The standard InChI is InChI=1S/C7H14N2O2S/c1-12(11)5-7(10)9-3-2-6(8)4-9/h6H,2-5,8H2,1H3. The second-order valence-corrected chi connectivity index (χ2v) is 4.54. The predicted octanol–water partition coefficient (Wildman–Crippen LogP) is -1.08. The lowest BCUT2D eigenvalue weighted by atomic mass is 10.3. The zero-order chi connectivity index (χ0) is 9.14. The number of carbonyl (C=O) groups is 1. The summed E-state index contributed by atoms with van der Waals surface area (Å²) in [4.78, 5) is 13.0. The lowest BCUT2D eigenvalue weighted by Crippen LogP contribution is -2.34. The Morgan fingerprint density at radius 2 is 2.42 bits per heavy atom. The number of amides is 1. The van der Waals surface area contributed by atoms with Gasteiger partial charge in [-0.2, -0.15) is 0 Å². The molecule has 5 heteroatoms. The van der Waals surface area contributed by atoms with Gasteiger partial charge in [0.15, 0.2) is 0 Å². The van der Waals surface area contributed by atoms with Gasteiger partial charge in [-0.15, -0.1) is 0 Å². The van der Waals surface area contributed by atoms with Crippen LogP contribution in [0, 0.1) is 0 Å². The van der Waals surface area contributed by atoms with Crippen molar-refractivity contribution < 1.29 is 9.00 Å². The van der Waals surface area contributed by atoms with E-state index in [1.54, 1.807) is 4.90 Å². The van der Waals surface area contributed by atoms with Crippen molar-refractivity contribution in [1.82, 2.24) is 4.90 Å². The Morgan fingerprint density at radius 3 is 2.83 bits per heavy atom. The van der Waals surface area contributed by atoms with Crippen LogP contribution in [0.5, 0.6) is 0 Å². The highest BCUT2D eigenvalue weighted by atomic mass is 32.2. The molecule has 12 heavy (non-hydrogen) atoms. The van der Waals surface area contributed by atoms with Crippen LogP contribution in [0.1, 0.15) is 6.42 Å². The molecule has 2 N–H and O–H groups in total. The zero-order valence-electron chi connectivity index (χ0n) is 7.16. The van der Waals surface area contributed by atoms with Gasteiger partial charge in [0.05, 0.1) is 0 Å². The van der Waals surface area contributed by atoms with E-state index in [4.69, 9.17) is 5.73 Å². The van der Waals surface area contributed by atoms with Crippen LogP contribution < -0.4 is 5.73 Å². The van der Waals surface area contributed by atoms with E-state index < -0.39 is 10.8 Å². The van der Waals surface area contributed by atoms with Gasteiger partial charge in [0.25, 0.3) is 0 Å². The minimum absolute atomic E-state index is 0.0382. The SMILES string of the molecule is CS(=O)CC(=O)N1CCC(N)C1. The van der Waals surface area contributed by atoms with E-state index >= 15 is 0 Å². The molecule has 1 rings (SSSR count). The van der Waals surface area contributed by atoms with Gasteiger partial charge in [-0.05, 0) is 6.42 Å². The summed E-state index contributed by atoms with van der Waals surface area (Å²) in [5.41, 5.74) is 5.62. The summed E-state index contributed by atoms with van der Waals surface area (Å²) in [6.07, 6.45) is 2.40. The number of hydrogen-bond donors (Lipinski definition) is 1. The number of carbonyl (C=O) groups excluding carboxylic acids is 1. The molecule has 1 aliphatic heterocycles. The average molecular weight is 190 g/mol. The van der Waals surface area contributed by atoms with Crippen molar-refractivity contribution in [2.24, 2.45) is 5.73 Å². The normalized spacial score (nSPS) is 25.8. The molecule has 1 aliphatic rings. The molecule has 2 atom stereocenters. The van der Waals surface area contributed by atoms with Crippen LogP contribution in [-0.2, 0) is 15.6 Å². The monoisotopic (exact) mass is 190 g/mol. The van der Waals surface area contributed by atoms with E-state index in [1.807, 2.05) is 0 Å². The van der Waals surface area contributed by atoms with Crippen LogP contribution in [0.2, 0.25) is 0 Å². The maximum Gasteiger partial charge on any atom is 0.235 e. The van der Waals surface area contributed by atoms with Gasteiger partial charge in [0.2, 0.25) is 5.91 Å². The topological polar surface area (TPSA) is 63.4 Å². The summed E-state index contributed by atoms with van der Waals surface area (Å²) in [7, 11) is -1.03. The van der Waals surface area contributed by atoms with Gasteiger partial charge < -0.3 is 10.6 Å². The van der Waals surface area contributed by atoms with Gasteiger partial charge in [-0.3, -0.25) is 9.00 Å². The predicted molar refractivity (Wildman–Crippen MR) is 48.1 cm³/mol. The van der Waals surface area contributed by atoms with Crippen molar-refractivity contribution in [3.05, 3.63) is 0 Å². The van der Waals surface area contributed by atoms with E-state index in [2.05, 4.69) is 0 Å². The first-order valence-electron chi connectivity index (χ1n) is 3.93. The Balaban J connectivity index is 2.38. The maximum absolute atomic E-state index is 11.3. The highest BCUT2D eigenvalue weighted by Crippen LogP contribution is 2.06. The number of likely N-dealkylation sites (tertiary alicyclic amines) is 1.